The summed E-state index contributed by atoms with van der Waals surface area (Å²) < 4.78 is 12.9. The van der Waals surface area contributed by atoms with Crippen LogP contribution in [0.25, 0.3) is 0 Å². The van der Waals surface area contributed by atoms with E-state index in [0.717, 1.165) is 18.4 Å². The van der Waals surface area contributed by atoms with Gasteiger partial charge in [0.05, 0.1) is 11.8 Å². The molecule has 0 aromatic heterocycles. The summed E-state index contributed by atoms with van der Waals surface area (Å²) in [5, 5.41) is 12.2. The number of hydrogen-bond acceptors (Lipinski definition) is 2. The second-order valence-corrected chi connectivity index (χ2v) is 6.02. The smallest absolute Gasteiger partial charge is 0.307 e. The average Bonchev–Trinajstić information content (AvgIpc) is 2.54. The largest absolute Gasteiger partial charge is 0.481 e. The van der Waals surface area contributed by atoms with Gasteiger partial charge in [0.2, 0.25) is 5.91 Å². The molecule has 1 amide bonds. The third-order valence-electron chi connectivity index (χ3n) is 4.72. The number of carboxylic acids is 1. The van der Waals surface area contributed by atoms with Gasteiger partial charge in [-0.1, -0.05) is 24.3 Å². The highest BCUT2D eigenvalue weighted by molar-refractivity contribution is 5.86. The molecular weight excluding hydrogens is 285 g/mol. The second kappa shape index (κ2) is 5.91. The minimum absolute atomic E-state index is 0.000632. The summed E-state index contributed by atoms with van der Waals surface area (Å²) in [7, 11) is 0. The lowest BCUT2D eigenvalue weighted by Crippen LogP contribution is -2.48. The van der Waals surface area contributed by atoms with Crippen molar-refractivity contribution in [2.45, 2.75) is 19.4 Å². The van der Waals surface area contributed by atoms with Crippen LogP contribution in [0.1, 0.15) is 18.4 Å². The van der Waals surface area contributed by atoms with E-state index in [1.54, 1.807) is 12.1 Å². The van der Waals surface area contributed by atoms with Gasteiger partial charge in [-0.05, 0) is 42.4 Å². The molecule has 4 atom stereocenters. The van der Waals surface area contributed by atoms with Gasteiger partial charge in [-0.25, -0.2) is 4.39 Å². The Hall–Kier alpha value is -2.17. The van der Waals surface area contributed by atoms with Crippen LogP contribution < -0.4 is 5.32 Å². The van der Waals surface area contributed by atoms with Crippen molar-refractivity contribution >= 4 is 11.9 Å². The zero-order valence-electron chi connectivity index (χ0n) is 12.0. The Bertz CT molecular complexity index is 611. The fourth-order valence-electron chi connectivity index (χ4n) is 3.60. The van der Waals surface area contributed by atoms with Gasteiger partial charge in [0.25, 0.3) is 0 Å². The lowest BCUT2D eigenvalue weighted by Gasteiger charge is -2.41. The number of carboxylic acid groups (broad SMARTS) is 1. The first-order valence-corrected chi connectivity index (χ1v) is 7.49. The first kappa shape index (κ1) is 14.8. The molecule has 2 N–H and O–H groups in total. The molecule has 2 bridgehead atoms. The van der Waals surface area contributed by atoms with E-state index in [-0.39, 0.29) is 30.1 Å². The van der Waals surface area contributed by atoms with E-state index >= 15 is 0 Å². The van der Waals surface area contributed by atoms with E-state index in [4.69, 9.17) is 0 Å². The summed E-state index contributed by atoms with van der Waals surface area (Å²) in [5.41, 5.74) is 0.790. The van der Waals surface area contributed by atoms with Crippen LogP contribution in [0.4, 0.5) is 4.39 Å². The van der Waals surface area contributed by atoms with Crippen LogP contribution in [0.3, 0.4) is 0 Å². The first-order chi connectivity index (χ1) is 10.6. The quantitative estimate of drug-likeness (QED) is 0.839. The van der Waals surface area contributed by atoms with Crippen molar-refractivity contribution in [1.29, 1.82) is 0 Å². The fraction of sp³-hybridized carbons (Fsp3) is 0.412. The summed E-state index contributed by atoms with van der Waals surface area (Å²) in [4.78, 5) is 24.0. The van der Waals surface area contributed by atoms with E-state index in [1.807, 2.05) is 12.2 Å². The van der Waals surface area contributed by atoms with Crippen LogP contribution >= 0.6 is 0 Å². The molecule has 1 aromatic rings. The van der Waals surface area contributed by atoms with Crippen molar-refractivity contribution in [3.05, 3.63) is 47.8 Å². The van der Waals surface area contributed by atoms with Crippen LogP contribution in [0, 0.1) is 29.5 Å². The number of benzene rings is 1. The summed E-state index contributed by atoms with van der Waals surface area (Å²) in [6.07, 6.45) is 5.62. The van der Waals surface area contributed by atoms with Gasteiger partial charge in [0, 0.05) is 6.54 Å². The molecule has 1 aromatic carbocycles. The molecule has 0 unspecified atom stereocenters. The lowest BCUT2D eigenvalue weighted by atomic mass is 9.62. The topological polar surface area (TPSA) is 66.4 Å². The van der Waals surface area contributed by atoms with Gasteiger partial charge in [0.15, 0.2) is 0 Å². The standard InChI is InChI=1S/C17H18FNO3/c18-13-7-1-10(2-8-13)9-19-16(20)14-11-3-5-12(6-4-11)15(14)17(21)22/h1-3,5,7-8,11-12,14-15H,4,6,9H2,(H,19,20)(H,21,22)/t11-,12-,14-,15-/m0/s1. The van der Waals surface area contributed by atoms with Gasteiger partial charge in [-0.2, -0.15) is 0 Å². The van der Waals surface area contributed by atoms with Gasteiger partial charge >= 0.3 is 5.97 Å². The molecule has 4 rings (SSSR count). The molecule has 22 heavy (non-hydrogen) atoms. The molecule has 116 valence electrons. The third-order valence-corrected chi connectivity index (χ3v) is 4.72. The number of halogens is 1. The Balaban J connectivity index is 1.69. The molecule has 0 heterocycles. The van der Waals surface area contributed by atoms with E-state index in [9.17, 15) is 19.1 Å². The predicted octanol–water partition coefficient (Wildman–Crippen LogP) is 2.35. The molecule has 1 saturated carbocycles. The molecule has 5 heteroatoms. The fourth-order valence-corrected chi connectivity index (χ4v) is 3.60. The summed E-state index contributed by atoms with van der Waals surface area (Å²) in [6, 6.07) is 5.90. The zero-order chi connectivity index (χ0) is 15.7. The number of aliphatic carboxylic acids is 1. The third kappa shape index (κ3) is 2.75. The molecule has 4 nitrogen and oxygen atoms in total. The zero-order valence-corrected chi connectivity index (χ0v) is 12.0. The van der Waals surface area contributed by atoms with Crippen molar-refractivity contribution in [3.8, 4) is 0 Å². The maximum absolute atomic E-state index is 12.9. The molecule has 1 fully saturated rings. The predicted molar refractivity (Wildman–Crippen MR) is 78.2 cm³/mol. The number of carbonyl (C=O) groups excluding carboxylic acids is 1. The number of allylic oxidation sites excluding steroid dienone is 2. The Labute approximate surface area is 128 Å². The first-order valence-electron chi connectivity index (χ1n) is 7.49. The van der Waals surface area contributed by atoms with Crippen LogP contribution in [0.2, 0.25) is 0 Å². The van der Waals surface area contributed by atoms with E-state index in [0.29, 0.717) is 0 Å². The maximum Gasteiger partial charge on any atom is 0.307 e. The van der Waals surface area contributed by atoms with Crippen LogP contribution in [-0.4, -0.2) is 17.0 Å². The summed E-state index contributed by atoms with van der Waals surface area (Å²) in [6.45, 7) is 0.281. The highest BCUT2D eigenvalue weighted by Crippen LogP contribution is 2.45. The van der Waals surface area contributed by atoms with Crippen molar-refractivity contribution in [2.24, 2.45) is 23.7 Å². The molecule has 3 aliphatic rings. The summed E-state index contributed by atoms with van der Waals surface area (Å²) >= 11 is 0. The maximum atomic E-state index is 12.9. The van der Waals surface area contributed by atoms with Crippen molar-refractivity contribution in [3.63, 3.8) is 0 Å². The van der Waals surface area contributed by atoms with Gasteiger partial charge in [0.1, 0.15) is 5.82 Å². The summed E-state index contributed by atoms with van der Waals surface area (Å²) in [5.74, 6) is -2.66. The number of amides is 1. The van der Waals surface area contributed by atoms with Gasteiger partial charge in [-0.3, -0.25) is 9.59 Å². The SMILES string of the molecule is O=C(O)[C@@H]1[C@@H](C(=O)NCc2ccc(F)cc2)[C@H]2C=C[C@H]1CC2. The number of carbonyl (C=O) groups is 2. The highest BCUT2D eigenvalue weighted by atomic mass is 19.1. The monoisotopic (exact) mass is 303 g/mol. The van der Waals surface area contributed by atoms with E-state index < -0.39 is 17.8 Å². The van der Waals surface area contributed by atoms with Crippen LogP contribution in [-0.2, 0) is 16.1 Å². The molecular formula is C17H18FNO3. The molecule has 0 saturated heterocycles. The van der Waals surface area contributed by atoms with Crippen molar-refractivity contribution in [1.82, 2.24) is 5.32 Å². The van der Waals surface area contributed by atoms with Crippen molar-refractivity contribution in [2.75, 3.05) is 0 Å². The normalized spacial score (nSPS) is 29.3. The number of nitrogens with one attached hydrogen (secondary N) is 1. The van der Waals surface area contributed by atoms with Crippen molar-refractivity contribution < 1.29 is 19.1 Å². The Kier molecular flexibility index (Phi) is 3.96. The van der Waals surface area contributed by atoms with Gasteiger partial charge < -0.3 is 10.4 Å². The van der Waals surface area contributed by atoms with Crippen LogP contribution in [0.15, 0.2) is 36.4 Å². The number of hydrogen-bond donors (Lipinski definition) is 2. The average molecular weight is 303 g/mol. The Morgan fingerprint density at radius 1 is 1.09 bits per heavy atom. The van der Waals surface area contributed by atoms with Gasteiger partial charge in [-0.15, -0.1) is 0 Å². The van der Waals surface area contributed by atoms with E-state index in [1.165, 1.54) is 12.1 Å². The number of fused-ring (bicyclic) bond motifs is 2. The number of rotatable bonds is 4. The minimum Gasteiger partial charge on any atom is -0.481 e. The van der Waals surface area contributed by atoms with E-state index in [2.05, 4.69) is 5.32 Å². The molecule has 3 aliphatic carbocycles. The molecule has 0 radical (unpaired) electrons. The minimum atomic E-state index is -0.902. The Morgan fingerprint density at radius 2 is 1.68 bits per heavy atom. The molecule has 0 spiro atoms. The van der Waals surface area contributed by atoms with Crippen LogP contribution in [0.5, 0.6) is 0 Å². The highest BCUT2D eigenvalue weighted by Gasteiger charge is 2.47. The lowest BCUT2D eigenvalue weighted by molar-refractivity contribution is -0.153. The second-order valence-electron chi connectivity index (χ2n) is 6.02. The molecule has 0 aliphatic heterocycles. The Morgan fingerprint density at radius 3 is 2.23 bits per heavy atom.